The molecule has 0 bridgehead atoms. The average molecular weight is 297 g/mol. The van der Waals surface area contributed by atoms with E-state index in [0.717, 1.165) is 23.6 Å². The SMILES string of the molecule is CC(C)(C)OC(=O)NC1CC(Nc2cccc(Cl)c2)C1. The Morgan fingerprint density at radius 3 is 2.60 bits per heavy atom. The molecule has 5 heteroatoms. The first-order chi connectivity index (χ1) is 9.32. The molecule has 2 N–H and O–H groups in total. The number of amides is 1. The summed E-state index contributed by atoms with van der Waals surface area (Å²) in [5.41, 5.74) is 0.560. The minimum atomic E-state index is -0.452. The molecule has 0 unspecified atom stereocenters. The van der Waals surface area contributed by atoms with E-state index in [0.29, 0.717) is 6.04 Å². The molecule has 0 heterocycles. The monoisotopic (exact) mass is 296 g/mol. The highest BCUT2D eigenvalue weighted by Gasteiger charge is 2.31. The van der Waals surface area contributed by atoms with Crippen LogP contribution in [0.5, 0.6) is 0 Å². The lowest BCUT2D eigenvalue weighted by Gasteiger charge is -2.37. The molecule has 2 rings (SSSR count). The summed E-state index contributed by atoms with van der Waals surface area (Å²) in [6.07, 6.45) is 1.45. The lowest BCUT2D eigenvalue weighted by molar-refractivity contribution is 0.0475. The molecule has 0 spiro atoms. The van der Waals surface area contributed by atoms with Gasteiger partial charge >= 0.3 is 6.09 Å². The number of nitrogens with one attached hydrogen (secondary N) is 2. The first kappa shape index (κ1) is 15.0. The van der Waals surface area contributed by atoms with Gasteiger partial charge in [-0.25, -0.2) is 4.79 Å². The van der Waals surface area contributed by atoms with Crippen LogP contribution in [0.3, 0.4) is 0 Å². The molecule has 4 nitrogen and oxygen atoms in total. The number of carbonyl (C=O) groups is 1. The number of ether oxygens (including phenoxy) is 1. The van der Waals surface area contributed by atoms with Crippen LogP contribution in [0.1, 0.15) is 33.6 Å². The van der Waals surface area contributed by atoms with Crippen LogP contribution in [0.25, 0.3) is 0 Å². The molecular formula is C15H21ClN2O2. The summed E-state index contributed by atoms with van der Waals surface area (Å²) in [4.78, 5) is 11.6. The first-order valence-electron chi connectivity index (χ1n) is 6.83. The van der Waals surface area contributed by atoms with Crippen molar-refractivity contribution in [2.24, 2.45) is 0 Å². The van der Waals surface area contributed by atoms with Crippen LogP contribution in [-0.4, -0.2) is 23.8 Å². The fraction of sp³-hybridized carbons (Fsp3) is 0.533. The Balaban J connectivity index is 1.71. The van der Waals surface area contributed by atoms with E-state index in [4.69, 9.17) is 16.3 Å². The van der Waals surface area contributed by atoms with Gasteiger partial charge in [-0.1, -0.05) is 17.7 Å². The fourth-order valence-electron chi connectivity index (χ4n) is 2.14. The molecule has 0 aromatic heterocycles. The summed E-state index contributed by atoms with van der Waals surface area (Å²) in [5, 5.41) is 6.99. The average Bonchev–Trinajstić information content (AvgIpc) is 2.23. The van der Waals surface area contributed by atoms with Crippen LogP contribution in [0, 0.1) is 0 Å². The molecule has 1 saturated carbocycles. The Bertz CT molecular complexity index is 479. The second kappa shape index (κ2) is 5.92. The zero-order valence-corrected chi connectivity index (χ0v) is 12.8. The summed E-state index contributed by atoms with van der Waals surface area (Å²) >= 11 is 5.93. The number of alkyl carbamates (subject to hydrolysis) is 1. The number of rotatable bonds is 3. The summed E-state index contributed by atoms with van der Waals surface area (Å²) in [5.74, 6) is 0. The van der Waals surface area contributed by atoms with Crippen LogP contribution >= 0.6 is 11.6 Å². The van der Waals surface area contributed by atoms with E-state index in [2.05, 4.69) is 10.6 Å². The summed E-state index contributed by atoms with van der Waals surface area (Å²) < 4.78 is 5.23. The van der Waals surface area contributed by atoms with E-state index in [1.165, 1.54) is 0 Å². The molecule has 1 aliphatic carbocycles. The zero-order valence-electron chi connectivity index (χ0n) is 12.1. The largest absolute Gasteiger partial charge is 0.444 e. The van der Waals surface area contributed by atoms with Gasteiger partial charge in [-0.05, 0) is 51.8 Å². The zero-order chi connectivity index (χ0) is 14.8. The number of carbonyl (C=O) groups excluding carboxylic acids is 1. The van der Waals surface area contributed by atoms with Crippen molar-refractivity contribution in [3.8, 4) is 0 Å². The molecule has 1 aromatic rings. The van der Waals surface area contributed by atoms with Crippen LogP contribution in [0.15, 0.2) is 24.3 Å². The maximum atomic E-state index is 11.6. The Morgan fingerprint density at radius 1 is 1.30 bits per heavy atom. The molecule has 20 heavy (non-hydrogen) atoms. The molecule has 110 valence electrons. The van der Waals surface area contributed by atoms with E-state index in [1.807, 2.05) is 45.0 Å². The summed E-state index contributed by atoms with van der Waals surface area (Å²) in [7, 11) is 0. The van der Waals surface area contributed by atoms with E-state index in [9.17, 15) is 4.79 Å². The van der Waals surface area contributed by atoms with Crippen molar-refractivity contribution in [3.05, 3.63) is 29.3 Å². The lowest BCUT2D eigenvalue weighted by Crippen LogP contribution is -2.50. The Morgan fingerprint density at radius 2 is 2.00 bits per heavy atom. The van der Waals surface area contributed by atoms with E-state index >= 15 is 0 Å². The Hall–Kier alpha value is -1.42. The highest BCUT2D eigenvalue weighted by atomic mass is 35.5. The van der Waals surface area contributed by atoms with Gasteiger partial charge in [0.25, 0.3) is 0 Å². The predicted molar refractivity (Wildman–Crippen MR) is 81.3 cm³/mol. The highest BCUT2D eigenvalue weighted by molar-refractivity contribution is 6.30. The molecule has 1 aromatic carbocycles. The third kappa shape index (κ3) is 4.60. The van der Waals surface area contributed by atoms with E-state index in [-0.39, 0.29) is 12.1 Å². The molecular weight excluding hydrogens is 276 g/mol. The van der Waals surface area contributed by atoms with Crippen LogP contribution in [0.4, 0.5) is 10.5 Å². The van der Waals surface area contributed by atoms with Gasteiger partial charge in [0.15, 0.2) is 0 Å². The molecule has 1 amide bonds. The molecule has 1 aliphatic rings. The number of anilines is 1. The normalized spacial score (nSPS) is 21.8. The van der Waals surface area contributed by atoms with Gasteiger partial charge in [0.2, 0.25) is 0 Å². The van der Waals surface area contributed by atoms with Crippen molar-refractivity contribution >= 4 is 23.4 Å². The third-order valence-electron chi connectivity index (χ3n) is 3.05. The Labute approximate surface area is 124 Å². The Kier molecular flexibility index (Phi) is 4.43. The maximum absolute atomic E-state index is 11.6. The molecule has 0 aliphatic heterocycles. The third-order valence-corrected chi connectivity index (χ3v) is 3.29. The highest BCUT2D eigenvalue weighted by Crippen LogP contribution is 2.25. The lowest BCUT2D eigenvalue weighted by atomic mass is 9.86. The van der Waals surface area contributed by atoms with Crippen molar-refractivity contribution in [1.82, 2.24) is 5.32 Å². The van der Waals surface area contributed by atoms with Crippen LogP contribution in [-0.2, 0) is 4.74 Å². The number of hydrogen-bond acceptors (Lipinski definition) is 3. The van der Waals surface area contributed by atoms with E-state index in [1.54, 1.807) is 0 Å². The number of hydrogen-bond donors (Lipinski definition) is 2. The molecule has 0 radical (unpaired) electrons. The second-order valence-corrected chi connectivity index (χ2v) is 6.60. The summed E-state index contributed by atoms with van der Waals surface area (Å²) in [6.45, 7) is 5.57. The van der Waals surface area contributed by atoms with Crippen molar-refractivity contribution in [3.63, 3.8) is 0 Å². The maximum Gasteiger partial charge on any atom is 0.407 e. The topological polar surface area (TPSA) is 50.4 Å². The van der Waals surface area contributed by atoms with E-state index < -0.39 is 5.60 Å². The molecule has 0 saturated heterocycles. The van der Waals surface area contributed by atoms with Crippen LogP contribution in [0.2, 0.25) is 5.02 Å². The second-order valence-electron chi connectivity index (χ2n) is 6.17. The smallest absolute Gasteiger partial charge is 0.407 e. The van der Waals surface area contributed by atoms with Gasteiger partial charge < -0.3 is 15.4 Å². The quantitative estimate of drug-likeness (QED) is 0.892. The predicted octanol–water partition coefficient (Wildman–Crippen LogP) is 3.81. The van der Waals surface area contributed by atoms with Gasteiger partial charge in [0.05, 0.1) is 0 Å². The minimum Gasteiger partial charge on any atom is -0.444 e. The number of halogens is 1. The van der Waals surface area contributed by atoms with Gasteiger partial charge in [-0.2, -0.15) is 0 Å². The van der Waals surface area contributed by atoms with Crippen LogP contribution < -0.4 is 10.6 Å². The van der Waals surface area contributed by atoms with Crippen molar-refractivity contribution in [2.45, 2.75) is 51.3 Å². The first-order valence-corrected chi connectivity index (χ1v) is 7.21. The van der Waals surface area contributed by atoms with Crippen molar-refractivity contribution in [1.29, 1.82) is 0 Å². The molecule has 1 fully saturated rings. The van der Waals surface area contributed by atoms with Crippen molar-refractivity contribution in [2.75, 3.05) is 5.32 Å². The minimum absolute atomic E-state index is 0.182. The van der Waals surface area contributed by atoms with Gasteiger partial charge in [-0.15, -0.1) is 0 Å². The number of benzene rings is 1. The van der Waals surface area contributed by atoms with Gasteiger partial charge in [0, 0.05) is 22.8 Å². The summed E-state index contributed by atoms with van der Waals surface area (Å²) in [6, 6.07) is 8.20. The van der Waals surface area contributed by atoms with Crippen molar-refractivity contribution < 1.29 is 9.53 Å². The standard InChI is InChI=1S/C15H21ClN2O2/c1-15(2,3)20-14(19)18-13-8-12(9-13)17-11-6-4-5-10(16)7-11/h4-7,12-13,17H,8-9H2,1-3H3,(H,18,19). The van der Waals surface area contributed by atoms with Gasteiger partial charge in [-0.3, -0.25) is 0 Å². The molecule has 0 atom stereocenters. The fourth-order valence-corrected chi connectivity index (χ4v) is 2.33. The van der Waals surface area contributed by atoms with Gasteiger partial charge in [0.1, 0.15) is 5.60 Å².